The summed E-state index contributed by atoms with van der Waals surface area (Å²) < 4.78 is 53.5. The normalized spacial score (nSPS) is 26.7. The summed E-state index contributed by atoms with van der Waals surface area (Å²) in [6.45, 7) is 9.27. The first-order chi connectivity index (χ1) is 24.0. The fourth-order valence-electron chi connectivity index (χ4n) is 7.84. The summed E-state index contributed by atoms with van der Waals surface area (Å²) in [6, 6.07) is 3.51. The van der Waals surface area contributed by atoms with Crippen LogP contribution in [0.25, 0.3) is 0 Å². The number of Topliss-reactive ketones (excluding diaryl/α,β-unsaturated/α-hetero) is 1. The van der Waals surface area contributed by atoms with Crippen molar-refractivity contribution in [2.45, 2.75) is 122 Å². The molecule has 1 aromatic rings. The quantitative estimate of drug-likeness (QED) is 0.241. The smallest absolute Gasteiger partial charge is 0.410 e. The van der Waals surface area contributed by atoms with Gasteiger partial charge in [-0.3, -0.25) is 28.8 Å². The van der Waals surface area contributed by atoms with Gasteiger partial charge in [0.1, 0.15) is 18.0 Å². The van der Waals surface area contributed by atoms with E-state index in [-0.39, 0.29) is 51.4 Å². The van der Waals surface area contributed by atoms with Crippen LogP contribution in [0.1, 0.15) is 96.1 Å². The second-order valence-electron chi connectivity index (χ2n) is 16.0. The molecule has 0 radical (unpaired) electrons. The number of amides is 3. The summed E-state index contributed by atoms with van der Waals surface area (Å²) in [4.78, 5) is 71.3. The van der Waals surface area contributed by atoms with Crippen molar-refractivity contribution in [3.63, 3.8) is 0 Å². The van der Waals surface area contributed by atoms with E-state index in [4.69, 9.17) is 9.47 Å². The van der Waals surface area contributed by atoms with Crippen molar-refractivity contribution >= 4 is 39.7 Å². The Morgan fingerprint density at radius 2 is 1.76 bits per heavy atom. The van der Waals surface area contributed by atoms with Gasteiger partial charge < -0.3 is 14.4 Å². The molecular formula is C37H48FN3O9S. The molecule has 0 aromatic heterocycles. The van der Waals surface area contributed by atoms with Gasteiger partial charge in [-0.2, -0.15) is 0 Å². The minimum Gasteiger partial charge on any atom is -0.462 e. The van der Waals surface area contributed by atoms with Gasteiger partial charge in [0.15, 0.2) is 5.78 Å². The van der Waals surface area contributed by atoms with E-state index < -0.39 is 85.6 Å². The molecular weight excluding hydrogens is 681 g/mol. The number of allylic oxidation sites excluding steroid dienone is 1. The van der Waals surface area contributed by atoms with E-state index in [0.717, 1.165) is 25.7 Å². The van der Waals surface area contributed by atoms with Gasteiger partial charge in [0.25, 0.3) is 0 Å². The maximum atomic E-state index is 14.5. The second-order valence-corrected chi connectivity index (χ2v) is 18.0. The first-order valence-corrected chi connectivity index (χ1v) is 19.5. The molecule has 0 spiro atoms. The average Bonchev–Trinajstić information content (AvgIpc) is 3.85. The lowest BCUT2D eigenvalue weighted by Gasteiger charge is -2.35. The Bertz CT molecular complexity index is 1720. The number of carbonyl (C=O) groups is 5. The number of benzene rings is 1. The molecule has 2 heterocycles. The molecule has 5 aliphatic rings. The zero-order valence-corrected chi connectivity index (χ0v) is 30.3. The number of carbonyl (C=O) groups excluding carboxylic acids is 5. The molecule has 3 amide bonds. The van der Waals surface area contributed by atoms with Gasteiger partial charge in [-0.25, -0.2) is 17.6 Å². The molecule has 1 N–H and O–H groups in total. The summed E-state index contributed by atoms with van der Waals surface area (Å²) in [5, 5.41) is -0.636. The fraction of sp³-hybridized carbons (Fsp3) is 0.649. The van der Waals surface area contributed by atoms with E-state index in [2.05, 4.69) is 11.3 Å². The van der Waals surface area contributed by atoms with Crippen molar-refractivity contribution in [2.24, 2.45) is 22.7 Å². The predicted molar refractivity (Wildman–Crippen MR) is 182 cm³/mol. The molecule has 1 aromatic carbocycles. The molecule has 0 bridgehead atoms. The Labute approximate surface area is 298 Å². The van der Waals surface area contributed by atoms with Crippen LogP contribution in [-0.4, -0.2) is 77.9 Å². The zero-order chi connectivity index (χ0) is 36.9. The third kappa shape index (κ3) is 7.85. The number of nitrogens with one attached hydrogen (secondary N) is 1. The van der Waals surface area contributed by atoms with Crippen LogP contribution in [0.5, 0.6) is 0 Å². The Hall–Kier alpha value is -3.81. The van der Waals surface area contributed by atoms with Crippen LogP contribution < -0.4 is 4.72 Å². The number of ketones is 1. The number of likely N-dealkylation sites (tertiary alicyclic amines) is 1. The van der Waals surface area contributed by atoms with Gasteiger partial charge in [0, 0.05) is 24.9 Å². The summed E-state index contributed by atoms with van der Waals surface area (Å²) in [5.74, 6) is -3.98. The highest BCUT2D eigenvalue weighted by Crippen LogP contribution is 2.57. The van der Waals surface area contributed by atoms with E-state index in [1.54, 1.807) is 12.1 Å². The van der Waals surface area contributed by atoms with Crippen molar-refractivity contribution < 1.29 is 46.3 Å². The first-order valence-electron chi connectivity index (χ1n) is 18.0. The topological polar surface area (TPSA) is 156 Å². The summed E-state index contributed by atoms with van der Waals surface area (Å²) in [5.41, 5.74) is -1.00. The molecule has 14 heteroatoms. The summed E-state index contributed by atoms with van der Waals surface area (Å²) in [7, 11) is -3.88. The lowest BCUT2D eigenvalue weighted by molar-refractivity contribution is -0.156. The first kappa shape index (κ1) is 37.0. The molecule has 5 atom stereocenters. The van der Waals surface area contributed by atoms with E-state index >= 15 is 0 Å². The molecule has 1 saturated heterocycles. The number of rotatable bonds is 12. The third-order valence-corrected chi connectivity index (χ3v) is 13.1. The molecule has 12 nitrogen and oxygen atoms in total. The van der Waals surface area contributed by atoms with Crippen molar-refractivity contribution in [2.75, 3.05) is 6.54 Å². The largest absolute Gasteiger partial charge is 0.462 e. The number of esters is 1. The minimum absolute atomic E-state index is 0.0120. The number of ether oxygens (including phenoxy) is 2. The van der Waals surface area contributed by atoms with Crippen LogP contribution in [-0.2, 0) is 51.8 Å². The van der Waals surface area contributed by atoms with Gasteiger partial charge >= 0.3 is 12.1 Å². The molecule has 1 unspecified atom stereocenters. The number of hydrogen-bond donors (Lipinski definition) is 1. The van der Waals surface area contributed by atoms with Gasteiger partial charge in [0.2, 0.25) is 21.8 Å². The van der Waals surface area contributed by atoms with Crippen LogP contribution in [0.2, 0.25) is 0 Å². The van der Waals surface area contributed by atoms with E-state index in [9.17, 15) is 36.8 Å². The Balaban J connectivity index is 1.22. The average molecular weight is 730 g/mol. The van der Waals surface area contributed by atoms with Crippen LogP contribution in [0.3, 0.4) is 0 Å². The standard InChI is InChI=1S/C37H48FN3O9S/c1-5-23-17-37(23,34(45)39-51(47,48)26-13-14-26)18-31(42)30-15-25(50-35(46)40-19-22-9-8-12-29(38)27(22)21-40)20-41(30)33(44)28(36(2,3)4)16-32(43)49-24-10-6-7-11-24/h5,8-9,12,23-26,28,30H,1,6-7,10-11,13-21H2,2-4H3,(H,39,45)/t23-,25+,28+,30?,37-/m0/s1. The summed E-state index contributed by atoms with van der Waals surface area (Å²) in [6.07, 6.45) is 3.69. The number of halogens is 1. The molecule has 4 fully saturated rings. The maximum Gasteiger partial charge on any atom is 0.410 e. The summed E-state index contributed by atoms with van der Waals surface area (Å²) >= 11 is 0. The lowest BCUT2D eigenvalue weighted by atomic mass is 9.77. The highest BCUT2D eigenvalue weighted by Gasteiger charge is 2.61. The Morgan fingerprint density at radius 1 is 1.06 bits per heavy atom. The lowest BCUT2D eigenvalue weighted by Crippen LogP contribution is -2.48. The number of sulfonamides is 1. The molecule has 2 aliphatic heterocycles. The number of hydrogen-bond acceptors (Lipinski definition) is 9. The fourth-order valence-corrected chi connectivity index (χ4v) is 9.22. The molecule has 51 heavy (non-hydrogen) atoms. The zero-order valence-electron chi connectivity index (χ0n) is 29.5. The monoisotopic (exact) mass is 729 g/mol. The van der Waals surface area contributed by atoms with E-state index in [1.165, 1.54) is 21.9 Å². The highest BCUT2D eigenvalue weighted by molar-refractivity contribution is 7.90. The van der Waals surface area contributed by atoms with Crippen molar-refractivity contribution in [1.82, 2.24) is 14.5 Å². The van der Waals surface area contributed by atoms with Crippen LogP contribution in [0.15, 0.2) is 30.9 Å². The van der Waals surface area contributed by atoms with Crippen molar-refractivity contribution in [3.05, 3.63) is 47.8 Å². The molecule has 278 valence electrons. The van der Waals surface area contributed by atoms with E-state index in [0.29, 0.717) is 24.0 Å². The minimum atomic E-state index is -3.88. The van der Waals surface area contributed by atoms with Crippen molar-refractivity contribution in [1.29, 1.82) is 0 Å². The SMILES string of the molecule is C=C[C@H]1C[C@@]1(CC(=O)C1C[C@@H](OC(=O)N2Cc3cccc(F)c3C2)CN1C(=O)[C@@H](CC(=O)OC1CCCC1)C(C)(C)C)C(=O)NS(=O)(=O)C1CC1. The van der Waals surface area contributed by atoms with Crippen LogP contribution in [0, 0.1) is 28.5 Å². The van der Waals surface area contributed by atoms with Gasteiger partial charge in [0.05, 0.1) is 42.1 Å². The Kier molecular flexibility index (Phi) is 10.1. The van der Waals surface area contributed by atoms with Gasteiger partial charge in [-0.05, 0) is 67.9 Å². The third-order valence-electron chi connectivity index (χ3n) is 11.2. The molecule has 3 saturated carbocycles. The Morgan fingerprint density at radius 3 is 2.37 bits per heavy atom. The van der Waals surface area contributed by atoms with E-state index in [1.807, 2.05) is 20.8 Å². The van der Waals surface area contributed by atoms with Crippen LogP contribution >= 0.6 is 0 Å². The number of fused-ring (bicyclic) bond motifs is 1. The highest BCUT2D eigenvalue weighted by atomic mass is 32.2. The second kappa shape index (κ2) is 14.0. The maximum absolute atomic E-state index is 14.5. The predicted octanol–water partition coefficient (Wildman–Crippen LogP) is 4.55. The molecule has 6 rings (SSSR count). The van der Waals surface area contributed by atoms with Crippen molar-refractivity contribution in [3.8, 4) is 0 Å². The van der Waals surface area contributed by atoms with Gasteiger partial charge in [-0.15, -0.1) is 6.58 Å². The number of nitrogens with zero attached hydrogens (tertiary/aromatic N) is 2. The molecule has 3 aliphatic carbocycles. The van der Waals surface area contributed by atoms with Crippen LogP contribution in [0.4, 0.5) is 9.18 Å². The van der Waals surface area contributed by atoms with Gasteiger partial charge in [-0.1, -0.05) is 39.0 Å².